The number of epoxide rings is 1. The first-order valence-electron chi connectivity index (χ1n) is 9.51. The van der Waals surface area contributed by atoms with Gasteiger partial charge in [-0.3, -0.25) is 14.5 Å². The Morgan fingerprint density at radius 1 is 1.46 bits per heavy atom. The van der Waals surface area contributed by atoms with Crippen LogP contribution in [0.15, 0.2) is 11.6 Å². The van der Waals surface area contributed by atoms with Crippen molar-refractivity contribution in [3.63, 3.8) is 0 Å². The number of carbonyl (C=O) groups is 2. The van der Waals surface area contributed by atoms with Crippen LogP contribution in [0.25, 0.3) is 0 Å². The van der Waals surface area contributed by atoms with Gasteiger partial charge in [0.1, 0.15) is 12.2 Å². The molecule has 0 unspecified atom stereocenters. The van der Waals surface area contributed by atoms with Crippen LogP contribution < -0.4 is 0 Å². The van der Waals surface area contributed by atoms with Gasteiger partial charge in [-0.2, -0.15) is 0 Å². The zero-order valence-electron chi connectivity index (χ0n) is 16.4. The van der Waals surface area contributed by atoms with E-state index < -0.39 is 5.54 Å². The second-order valence-electron chi connectivity index (χ2n) is 8.86. The van der Waals surface area contributed by atoms with Crippen molar-refractivity contribution < 1.29 is 19.1 Å². The van der Waals surface area contributed by atoms with Crippen molar-refractivity contribution in [2.75, 3.05) is 13.6 Å². The lowest BCUT2D eigenvalue weighted by atomic mass is 9.80. The van der Waals surface area contributed by atoms with Crippen molar-refractivity contribution in [1.82, 2.24) is 4.90 Å². The molecule has 5 nitrogen and oxygen atoms in total. The van der Waals surface area contributed by atoms with Crippen LogP contribution in [-0.4, -0.2) is 51.6 Å². The lowest BCUT2D eigenvalue weighted by Gasteiger charge is -2.34. The van der Waals surface area contributed by atoms with E-state index in [4.69, 9.17) is 9.47 Å². The van der Waals surface area contributed by atoms with Crippen LogP contribution in [0.4, 0.5) is 0 Å². The SMILES string of the molecule is C/C1=C\CC[C@@]2(C)O[C@H]2[C@H]2OC(=O)[C@@H](CN(C)C(C)(C)C(=O)I)[C@@H]2CC1. The van der Waals surface area contributed by atoms with E-state index in [1.807, 2.05) is 48.4 Å². The summed E-state index contributed by atoms with van der Waals surface area (Å²) in [5.74, 6) is -0.207. The fourth-order valence-corrected chi connectivity index (χ4v) is 4.63. The maximum absolute atomic E-state index is 12.7. The summed E-state index contributed by atoms with van der Waals surface area (Å²) in [7, 11) is 1.92. The molecule has 0 radical (unpaired) electrons. The number of halogens is 1. The van der Waals surface area contributed by atoms with Gasteiger partial charge in [0.25, 0.3) is 0 Å². The second kappa shape index (κ2) is 7.17. The highest BCUT2D eigenvalue weighted by atomic mass is 127. The predicted molar refractivity (Wildman–Crippen MR) is 108 cm³/mol. The van der Waals surface area contributed by atoms with Crippen molar-refractivity contribution >= 4 is 32.4 Å². The molecule has 2 aliphatic heterocycles. The second-order valence-corrected chi connectivity index (χ2v) is 9.84. The van der Waals surface area contributed by atoms with Crippen LogP contribution in [0, 0.1) is 11.8 Å². The molecule has 0 bridgehead atoms. The molecule has 3 aliphatic rings. The quantitative estimate of drug-likeness (QED) is 0.205. The summed E-state index contributed by atoms with van der Waals surface area (Å²) in [4.78, 5) is 26.7. The molecule has 0 aromatic heterocycles. The van der Waals surface area contributed by atoms with E-state index in [1.54, 1.807) is 0 Å². The van der Waals surface area contributed by atoms with Crippen molar-refractivity contribution in [3.05, 3.63) is 11.6 Å². The zero-order chi connectivity index (χ0) is 19.3. The Balaban J connectivity index is 1.81. The monoisotopic (exact) mass is 475 g/mol. The Bertz CT molecular complexity index is 631. The summed E-state index contributed by atoms with van der Waals surface area (Å²) in [5, 5.41) is 0. The third-order valence-corrected chi connectivity index (χ3v) is 7.96. The van der Waals surface area contributed by atoms with Gasteiger partial charge < -0.3 is 9.47 Å². The fourth-order valence-electron chi connectivity index (χ4n) is 4.22. The van der Waals surface area contributed by atoms with Crippen LogP contribution in [0.3, 0.4) is 0 Å². The van der Waals surface area contributed by atoms with Crippen molar-refractivity contribution in [1.29, 1.82) is 0 Å². The van der Waals surface area contributed by atoms with Gasteiger partial charge in [0.15, 0.2) is 0 Å². The minimum atomic E-state index is -0.602. The summed E-state index contributed by atoms with van der Waals surface area (Å²) < 4.78 is 11.9. The van der Waals surface area contributed by atoms with Gasteiger partial charge in [0.2, 0.25) is 3.79 Å². The van der Waals surface area contributed by atoms with Gasteiger partial charge in [-0.1, -0.05) is 11.6 Å². The molecule has 3 rings (SSSR count). The van der Waals surface area contributed by atoms with Gasteiger partial charge in [-0.05, 0) is 60.4 Å². The highest BCUT2D eigenvalue weighted by molar-refractivity contribution is 14.1. The molecule has 6 heteroatoms. The number of fused-ring (bicyclic) bond motifs is 3. The van der Waals surface area contributed by atoms with Gasteiger partial charge in [-0.15, -0.1) is 0 Å². The molecule has 146 valence electrons. The maximum Gasteiger partial charge on any atom is 0.311 e. The molecule has 1 aliphatic carbocycles. The summed E-state index contributed by atoms with van der Waals surface area (Å²) in [6, 6.07) is 0. The predicted octanol–water partition coefficient (Wildman–Crippen LogP) is 3.49. The number of hydrogen-bond donors (Lipinski definition) is 0. The molecule has 2 saturated heterocycles. The van der Waals surface area contributed by atoms with Gasteiger partial charge in [-0.25, -0.2) is 0 Å². The third-order valence-electron chi connectivity index (χ3n) is 6.64. The minimum absolute atomic E-state index is 0.0118. The number of esters is 1. The first-order chi connectivity index (χ1) is 12.1. The normalized spacial score (nSPS) is 39.5. The largest absolute Gasteiger partial charge is 0.459 e. The minimum Gasteiger partial charge on any atom is -0.459 e. The molecular formula is C20H30INO4. The zero-order valence-corrected chi connectivity index (χ0v) is 18.5. The average molecular weight is 475 g/mol. The lowest BCUT2D eigenvalue weighted by molar-refractivity contribution is -0.145. The van der Waals surface area contributed by atoms with Gasteiger partial charge in [0, 0.05) is 35.1 Å². The summed E-state index contributed by atoms with van der Waals surface area (Å²) in [6.07, 6.45) is 6.05. The van der Waals surface area contributed by atoms with E-state index in [0.29, 0.717) is 6.54 Å². The average Bonchev–Trinajstić information content (AvgIpc) is 3.12. The summed E-state index contributed by atoms with van der Waals surface area (Å²) in [5.41, 5.74) is 0.603. The molecule has 0 amide bonds. The molecule has 26 heavy (non-hydrogen) atoms. The first-order valence-corrected chi connectivity index (χ1v) is 10.6. The molecular weight excluding hydrogens is 445 g/mol. The van der Waals surface area contributed by atoms with E-state index in [0.717, 1.165) is 25.7 Å². The third kappa shape index (κ3) is 3.74. The molecule has 0 spiro atoms. The fraction of sp³-hybridized carbons (Fsp3) is 0.800. The molecule has 0 saturated carbocycles. The highest BCUT2D eigenvalue weighted by Crippen LogP contribution is 2.50. The Morgan fingerprint density at radius 2 is 2.15 bits per heavy atom. The van der Waals surface area contributed by atoms with Crippen molar-refractivity contribution in [2.45, 2.75) is 76.7 Å². The molecule has 2 heterocycles. The van der Waals surface area contributed by atoms with E-state index in [1.165, 1.54) is 5.57 Å². The lowest BCUT2D eigenvalue weighted by Crippen LogP contribution is -2.49. The van der Waals surface area contributed by atoms with Gasteiger partial charge >= 0.3 is 5.97 Å². The molecule has 0 aromatic carbocycles. The smallest absolute Gasteiger partial charge is 0.311 e. The molecule has 0 aromatic rings. The van der Waals surface area contributed by atoms with Crippen LogP contribution in [0.1, 0.15) is 53.4 Å². The molecule has 5 atom stereocenters. The maximum atomic E-state index is 12.7. The summed E-state index contributed by atoms with van der Waals surface area (Å²) >= 11 is 1.84. The number of rotatable bonds is 4. The number of nitrogens with zero attached hydrogens (tertiary/aromatic N) is 1. The van der Waals surface area contributed by atoms with Crippen LogP contribution in [-0.2, 0) is 19.1 Å². The van der Waals surface area contributed by atoms with Crippen molar-refractivity contribution in [3.8, 4) is 0 Å². The van der Waals surface area contributed by atoms with Crippen LogP contribution in [0.2, 0.25) is 0 Å². The molecule has 2 fully saturated rings. The Hall–Kier alpha value is -0.470. The number of hydrogen-bond acceptors (Lipinski definition) is 5. The van der Waals surface area contributed by atoms with E-state index >= 15 is 0 Å². The van der Waals surface area contributed by atoms with Crippen molar-refractivity contribution in [2.24, 2.45) is 11.8 Å². The Labute approximate surface area is 170 Å². The van der Waals surface area contributed by atoms with E-state index in [2.05, 4.69) is 19.9 Å². The number of carbonyl (C=O) groups excluding carboxylic acids is 2. The topological polar surface area (TPSA) is 59.1 Å². The first kappa shape index (κ1) is 20.3. The van der Waals surface area contributed by atoms with E-state index in [-0.39, 0.29) is 39.4 Å². The van der Waals surface area contributed by atoms with E-state index in [9.17, 15) is 9.59 Å². The Morgan fingerprint density at radius 3 is 2.81 bits per heavy atom. The number of likely N-dealkylation sites (N-methyl/N-ethyl adjacent to an activating group) is 1. The number of allylic oxidation sites excluding steroid dienone is 2. The highest BCUT2D eigenvalue weighted by Gasteiger charge is 2.62. The molecule has 0 N–H and O–H groups in total. The summed E-state index contributed by atoms with van der Waals surface area (Å²) in [6.45, 7) is 8.64. The van der Waals surface area contributed by atoms with Crippen LogP contribution in [0.5, 0.6) is 0 Å². The Kier molecular flexibility index (Phi) is 5.59. The van der Waals surface area contributed by atoms with Gasteiger partial charge in [0.05, 0.1) is 17.1 Å². The number of ether oxygens (including phenoxy) is 2. The standard InChI is InChI=1S/C20H30INO4/c1-12-7-6-10-20(4)16(26-20)15-13(9-8-12)14(17(23)25-15)11-22(5)19(2,3)18(21)24/h7,13-16H,6,8-11H2,1-5H3/b12-7+/t13-,14-,15-,16-,20+/m0/s1. The van der Waals surface area contributed by atoms with Crippen LogP contribution >= 0.6 is 22.6 Å².